The molecule has 0 bridgehead atoms. The lowest BCUT2D eigenvalue weighted by Crippen LogP contribution is -2.15. The summed E-state index contributed by atoms with van der Waals surface area (Å²) in [4.78, 5) is 41.3. The van der Waals surface area contributed by atoms with Crippen LogP contribution in [0.15, 0.2) is 105 Å². The number of rotatable bonds is 16. The van der Waals surface area contributed by atoms with Crippen LogP contribution in [0, 0.1) is 59.8 Å². The van der Waals surface area contributed by atoms with Gasteiger partial charge in [-0.3, -0.25) is 9.62 Å². The molecule has 0 aliphatic rings. The Morgan fingerprint density at radius 1 is 0.769 bits per heavy atom. The van der Waals surface area contributed by atoms with E-state index in [1.807, 2.05) is 98.4 Å². The molecule has 5 N–H and O–H groups in total. The van der Waals surface area contributed by atoms with Gasteiger partial charge in [0.2, 0.25) is 5.13 Å². The van der Waals surface area contributed by atoms with Crippen molar-refractivity contribution in [1.29, 1.82) is 5.26 Å². The number of aryl methyl sites for hydroxylation is 7. The van der Waals surface area contributed by atoms with Crippen molar-refractivity contribution in [3.63, 3.8) is 0 Å². The normalized spacial score (nSPS) is 11.9. The highest BCUT2D eigenvalue weighted by Gasteiger charge is 2.31. The SMILES string of the molecule is Cc1cc(C)c(Nc2nc(N(c3nc4ccc(S(=O)(=O)Nc5cc(C(=O)O)cc(C(=O)O)c5)cc4s3)c3c(C)cc(C)cc3C)cc(C)c2N=Nc2c(C#N)c(C(C)(C)C)nn2-c2nc3ccc(SOOO)cc3s2)c(C)c1. The predicted octanol–water partition coefficient (Wildman–Crippen LogP) is 14.1. The quantitative estimate of drug-likeness (QED) is 0.0260. The number of azo groups is 1. The summed E-state index contributed by atoms with van der Waals surface area (Å²) in [6.07, 6.45) is 0. The molecule has 9 aromatic rings. The maximum absolute atomic E-state index is 13.9. The number of aromatic carboxylic acids is 2. The molecule has 0 saturated heterocycles. The van der Waals surface area contributed by atoms with Gasteiger partial charge in [0.15, 0.2) is 16.8 Å². The van der Waals surface area contributed by atoms with Crippen LogP contribution in [0.1, 0.15) is 91.7 Å². The van der Waals surface area contributed by atoms with Crippen molar-refractivity contribution in [2.24, 2.45) is 10.2 Å². The van der Waals surface area contributed by atoms with Crippen LogP contribution in [0.5, 0.6) is 0 Å². The predicted molar refractivity (Wildman–Crippen MR) is 301 cm³/mol. The minimum atomic E-state index is -4.40. The molecular formula is C54H49N11O9S4. The highest BCUT2D eigenvalue weighted by Crippen LogP contribution is 2.46. The molecule has 24 heteroatoms. The molecule has 0 aliphatic carbocycles. The van der Waals surface area contributed by atoms with Gasteiger partial charge in [-0.25, -0.2) is 38.2 Å². The molecule has 20 nitrogen and oxygen atoms in total. The third-order valence-electron chi connectivity index (χ3n) is 12.3. The molecule has 0 radical (unpaired) electrons. The number of nitriles is 1. The molecule has 5 aromatic carbocycles. The minimum Gasteiger partial charge on any atom is -0.478 e. The van der Waals surface area contributed by atoms with Gasteiger partial charge in [0.05, 0.1) is 65.6 Å². The average Bonchev–Trinajstić information content (AvgIpc) is 4.19. The molecule has 4 aromatic heterocycles. The van der Waals surface area contributed by atoms with E-state index >= 15 is 0 Å². The summed E-state index contributed by atoms with van der Waals surface area (Å²) in [6, 6.07) is 25.2. The van der Waals surface area contributed by atoms with Crippen LogP contribution < -0.4 is 14.9 Å². The highest BCUT2D eigenvalue weighted by atomic mass is 32.2. The molecule has 0 fully saturated rings. The number of carboxylic acid groups (broad SMARTS) is 2. The van der Waals surface area contributed by atoms with Gasteiger partial charge >= 0.3 is 11.9 Å². The molecular weight excluding hydrogens is 1070 g/mol. The summed E-state index contributed by atoms with van der Waals surface area (Å²) in [6.45, 7) is 19.7. The number of carbonyl (C=O) groups is 2. The van der Waals surface area contributed by atoms with Crippen molar-refractivity contribution in [1.82, 2.24) is 24.7 Å². The first-order valence-electron chi connectivity index (χ1n) is 23.7. The minimum absolute atomic E-state index is 0.141. The van der Waals surface area contributed by atoms with Gasteiger partial charge in [-0.05, 0) is 137 Å². The van der Waals surface area contributed by atoms with Gasteiger partial charge in [-0.2, -0.15) is 15.0 Å². The summed E-state index contributed by atoms with van der Waals surface area (Å²) < 4.78 is 37.6. The van der Waals surface area contributed by atoms with Crippen LogP contribution in [0.25, 0.3) is 25.6 Å². The summed E-state index contributed by atoms with van der Waals surface area (Å²) in [5.74, 6) is -1.98. The summed E-state index contributed by atoms with van der Waals surface area (Å²) in [5.41, 5.74) is 8.44. The fraction of sp³-hybridized carbons (Fsp3) is 0.204. The van der Waals surface area contributed by atoms with Crippen molar-refractivity contribution >= 4 is 122 Å². The maximum atomic E-state index is 13.9. The van der Waals surface area contributed by atoms with Gasteiger partial charge in [-0.15, -0.1) is 14.6 Å². The molecule has 78 heavy (non-hydrogen) atoms. The number of anilines is 6. The van der Waals surface area contributed by atoms with E-state index < -0.39 is 38.5 Å². The standard InChI is InChI=1S/C54H49N11O9S4/c1-26-15-28(3)44(29(4)16-26)59-48-45(60-61-49-38(25-55)47(54(8,9)10)62-65(49)53-57-39-13-11-36(77-74-73-70)23-41(39)76-53)30(5)19-43(58-48)64(46-31(6)17-27(2)18-32(46)7)52-56-40-14-12-37(24-42(40)75-52)78(71,72)63-35-21-33(50(66)67)20-34(22-35)51(68)69/h11-24,63,70H,1-10H3,(H,58,59)(H,66,67)(H,68,69). The van der Waals surface area contributed by atoms with E-state index in [1.165, 1.54) is 39.5 Å². The van der Waals surface area contributed by atoms with Gasteiger partial charge in [-0.1, -0.05) is 83.9 Å². The Morgan fingerprint density at radius 2 is 1.38 bits per heavy atom. The first-order valence-corrected chi connectivity index (χ1v) is 27.6. The van der Waals surface area contributed by atoms with Gasteiger partial charge in [0.1, 0.15) is 23.1 Å². The topological polar surface area (TPSA) is 280 Å². The number of sulfonamides is 1. The number of nitrogens with zero attached hydrogens (tertiary/aromatic N) is 9. The molecule has 0 saturated carbocycles. The van der Waals surface area contributed by atoms with Crippen molar-refractivity contribution < 1.29 is 42.8 Å². The average molecular weight is 1120 g/mol. The van der Waals surface area contributed by atoms with Crippen LogP contribution in [0.3, 0.4) is 0 Å². The highest BCUT2D eigenvalue weighted by molar-refractivity contribution is 7.94. The number of benzene rings is 5. The van der Waals surface area contributed by atoms with E-state index in [2.05, 4.69) is 37.6 Å². The monoisotopic (exact) mass is 1120 g/mol. The van der Waals surface area contributed by atoms with E-state index in [9.17, 15) is 33.5 Å². The number of pyridine rings is 1. The number of fused-ring (bicyclic) bond motifs is 2. The maximum Gasteiger partial charge on any atom is 0.335 e. The van der Waals surface area contributed by atoms with Crippen molar-refractivity contribution in [3.05, 3.63) is 146 Å². The number of hydrogen-bond acceptors (Lipinski definition) is 19. The second-order valence-corrected chi connectivity index (χ2v) is 24.0. The van der Waals surface area contributed by atoms with Crippen molar-refractivity contribution in [2.45, 2.75) is 84.4 Å². The first-order chi connectivity index (χ1) is 36.9. The summed E-state index contributed by atoms with van der Waals surface area (Å²) in [7, 11) is -4.40. The number of nitrogens with one attached hydrogen (secondary N) is 2. The summed E-state index contributed by atoms with van der Waals surface area (Å²) in [5, 5.41) is 61.7. The molecule has 0 aliphatic heterocycles. The molecule has 398 valence electrons. The van der Waals surface area contributed by atoms with Crippen LogP contribution in [0.2, 0.25) is 0 Å². The second-order valence-electron chi connectivity index (χ2n) is 19.5. The van der Waals surface area contributed by atoms with Crippen LogP contribution >= 0.6 is 34.7 Å². The van der Waals surface area contributed by atoms with E-state index in [0.29, 0.717) is 59.5 Å². The zero-order valence-corrected chi connectivity index (χ0v) is 46.8. The van der Waals surface area contributed by atoms with E-state index in [1.54, 1.807) is 18.2 Å². The lowest BCUT2D eigenvalue weighted by Gasteiger charge is -2.27. The zero-order valence-electron chi connectivity index (χ0n) is 43.5. The molecule has 0 spiro atoms. The van der Waals surface area contributed by atoms with Crippen LogP contribution in [-0.2, 0) is 24.8 Å². The van der Waals surface area contributed by atoms with Crippen LogP contribution in [0.4, 0.5) is 45.3 Å². The fourth-order valence-corrected chi connectivity index (χ4v) is 12.7. The first kappa shape index (κ1) is 54.6. The lowest BCUT2D eigenvalue weighted by molar-refractivity contribution is -0.432. The third kappa shape index (κ3) is 11.0. The van der Waals surface area contributed by atoms with Crippen molar-refractivity contribution in [2.75, 3.05) is 14.9 Å². The smallest absolute Gasteiger partial charge is 0.335 e. The number of hydrogen-bond donors (Lipinski definition) is 5. The molecule has 0 unspecified atom stereocenters. The number of thiazole rings is 2. The lowest BCUT2D eigenvalue weighted by atomic mass is 9.90. The Hall–Kier alpha value is -8.15. The number of aromatic nitrogens is 5. The van der Waals surface area contributed by atoms with E-state index in [-0.39, 0.29) is 22.0 Å². The van der Waals surface area contributed by atoms with Gasteiger partial charge < -0.3 is 15.5 Å². The second kappa shape index (κ2) is 21.3. The Kier molecular flexibility index (Phi) is 15.0. The molecule has 0 amide bonds. The van der Waals surface area contributed by atoms with Gasteiger partial charge in [0, 0.05) is 16.0 Å². The molecule has 4 heterocycles. The van der Waals surface area contributed by atoms with E-state index in [0.717, 1.165) is 79.7 Å². The van der Waals surface area contributed by atoms with Crippen LogP contribution in [-0.4, -0.2) is 60.6 Å². The van der Waals surface area contributed by atoms with Gasteiger partial charge in [0.25, 0.3) is 10.0 Å². The Morgan fingerprint density at radius 3 is 2.00 bits per heavy atom. The Balaban J connectivity index is 1.20. The summed E-state index contributed by atoms with van der Waals surface area (Å²) >= 11 is 3.33. The molecule has 0 atom stereocenters. The molecule has 9 rings (SSSR count). The third-order valence-corrected chi connectivity index (χ3v) is 16.3. The van der Waals surface area contributed by atoms with E-state index in [4.69, 9.17) is 35.5 Å². The Bertz CT molecular complexity index is 4040. The van der Waals surface area contributed by atoms with Crippen molar-refractivity contribution in [3.8, 4) is 11.2 Å². The Labute approximate surface area is 459 Å². The number of carboxylic acids is 2. The zero-order chi connectivity index (χ0) is 56.1. The fourth-order valence-electron chi connectivity index (χ4n) is 9.06. The largest absolute Gasteiger partial charge is 0.478 e.